The Labute approximate surface area is 524 Å². The molecule has 33 heteroatoms. The lowest BCUT2D eigenvalue weighted by Gasteiger charge is -2.41. The van der Waals surface area contributed by atoms with Crippen molar-refractivity contribution in [3.8, 4) is 0 Å². The number of aliphatic imine (C=N–C) groups is 3. The lowest BCUT2D eigenvalue weighted by Crippen LogP contribution is -2.62. The Balaban J connectivity index is 1.12. The zero-order valence-electron chi connectivity index (χ0n) is 50.3. The lowest BCUT2D eigenvalue weighted by atomic mass is 9.92. The number of fused-ring (bicyclic) bond motifs is 1. The third-order valence-corrected chi connectivity index (χ3v) is 17.1. The molecule has 2 saturated heterocycles. The van der Waals surface area contributed by atoms with Crippen LogP contribution in [-0.4, -0.2) is 225 Å². The Hall–Kier alpha value is -8.69. The van der Waals surface area contributed by atoms with Crippen molar-refractivity contribution in [1.82, 2.24) is 46.2 Å². The summed E-state index contributed by atoms with van der Waals surface area (Å²) in [5.74, 6) is -8.43. The van der Waals surface area contributed by atoms with Crippen molar-refractivity contribution in [3.63, 3.8) is 0 Å². The third kappa shape index (κ3) is 20.4. The van der Waals surface area contributed by atoms with Crippen molar-refractivity contribution in [2.75, 3.05) is 52.4 Å². The second kappa shape index (κ2) is 34.3. The first-order valence-electron chi connectivity index (χ1n) is 30.2. The van der Waals surface area contributed by atoms with Gasteiger partial charge in [0.15, 0.2) is 17.9 Å². The molecule has 1 saturated carbocycles. The number of benzene rings is 1. The predicted octanol–water partition coefficient (Wildman–Crippen LogP) is -5.41. The number of hydrogen-bond acceptors (Lipinski definition) is 17. The topological polar surface area (TPSA) is 524 Å². The number of aliphatic hydroxyl groups is 2. The Bertz CT molecular complexity index is 2930. The van der Waals surface area contributed by atoms with E-state index in [2.05, 4.69) is 41.6 Å². The van der Waals surface area contributed by atoms with E-state index >= 15 is 0 Å². The molecule has 32 nitrogen and oxygen atoms in total. The molecular weight excluding hydrogens is 1190 g/mol. The maximum absolute atomic E-state index is 15.0. The maximum atomic E-state index is 15.0. The van der Waals surface area contributed by atoms with Crippen LogP contribution in [0.2, 0.25) is 0 Å². The number of guanidine groups is 3. The summed E-state index contributed by atoms with van der Waals surface area (Å²) in [5.41, 5.74) is 40.2. The monoisotopic (exact) mass is 1280 g/mol. The van der Waals surface area contributed by atoms with Gasteiger partial charge in [0.25, 0.3) is 0 Å². The SMILES string of the molecule is NC(N)=NCCC[C@@H](N)C(=O)N[C@@H](CCCN=C(N)N)C(=O)N1CCC[C@H]1C(=O)N1C[C@H](O)C[C@H]1C(=O)NCC(=O)N[C@@H](Cc1cccs1)C(=O)N[C@@H](CO)C(=O)N1Cc2ccccc2C[C@@H]1C(=O)N(CC(=O)N[C@@H](CCCN=C(N)N)C(=O)O)C1CCCC1. The first-order chi connectivity index (χ1) is 42.9. The fraction of sp³-hybridized carbons (Fsp3) is 0.596. The number of nitrogens with two attached hydrogens (primary N) is 7. The molecular formula is C57H87N19O13S. The molecule has 0 bridgehead atoms. The van der Waals surface area contributed by atoms with E-state index in [1.165, 1.54) is 26.0 Å². The minimum atomic E-state index is -1.67. The molecule has 6 rings (SSSR count). The number of aliphatic carboxylic acids is 1. The number of nitrogens with one attached hydrogen (secondary N) is 5. The van der Waals surface area contributed by atoms with E-state index in [0.29, 0.717) is 36.1 Å². The van der Waals surface area contributed by atoms with Gasteiger partial charge >= 0.3 is 5.97 Å². The lowest BCUT2D eigenvalue weighted by molar-refractivity contribution is -0.152. The van der Waals surface area contributed by atoms with Crippen LogP contribution in [0, 0.1) is 0 Å². The standard InChI is InChI=1S/C57H87N19O13S/c58-37(15-5-19-65-55(59)60)47(81)71-38(16-6-20-66-56(61)62)50(84)73-22-8-18-42(73)52(86)76-29-35(78)25-43(76)49(83)68-27-45(79)70-40(26-36-14-9-23-90-36)48(82)72-41(31-77)51(85)75-28-33-11-2-1-10-32(33)24-44(75)53(87)74(34-12-3-4-13-34)30-46(80)69-39(54(88)89)17-7-21-67-57(63)64/h1-2,9-11,14,23,34-35,37-44,77-78H,3-8,12-13,15-22,24-31,58H2,(H,68,83)(H,69,80)(H,70,79)(H,71,81)(H,72,82)(H,88,89)(H4,59,60,65)(H4,61,62,66)(H4,63,64,67)/t35-,37-,38+,39+,40+,41+,42+,43+,44-/m1/s1. The first kappa shape index (κ1) is 70.4. The summed E-state index contributed by atoms with van der Waals surface area (Å²) in [6, 6.07) is -0.108. The molecule has 1 aliphatic carbocycles. The molecule has 2 aromatic rings. The van der Waals surface area contributed by atoms with E-state index in [4.69, 9.17) is 40.1 Å². The second-order valence-corrected chi connectivity index (χ2v) is 23.8. The molecule has 90 heavy (non-hydrogen) atoms. The zero-order valence-corrected chi connectivity index (χ0v) is 51.1. The fourth-order valence-corrected chi connectivity index (χ4v) is 12.4. The molecule has 3 fully saturated rings. The van der Waals surface area contributed by atoms with Crippen LogP contribution < -0.4 is 66.7 Å². The predicted molar refractivity (Wildman–Crippen MR) is 330 cm³/mol. The van der Waals surface area contributed by atoms with Crippen molar-refractivity contribution in [3.05, 3.63) is 57.8 Å². The van der Waals surface area contributed by atoms with Crippen LogP contribution in [0.3, 0.4) is 0 Å². The number of thiophene rings is 1. The summed E-state index contributed by atoms with van der Waals surface area (Å²) in [6.07, 6.45) is 2.78. The minimum absolute atomic E-state index is 0.0000608. The van der Waals surface area contributed by atoms with E-state index in [0.717, 1.165) is 23.3 Å². The van der Waals surface area contributed by atoms with Crippen LogP contribution in [0.25, 0.3) is 0 Å². The molecule has 9 amide bonds. The number of carboxylic acids is 1. The summed E-state index contributed by atoms with van der Waals surface area (Å²) in [7, 11) is 0. The van der Waals surface area contributed by atoms with Crippen molar-refractivity contribution in [2.45, 2.75) is 163 Å². The van der Waals surface area contributed by atoms with Gasteiger partial charge < -0.3 is 102 Å². The molecule has 3 aliphatic heterocycles. The van der Waals surface area contributed by atoms with Crippen LogP contribution in [0.15, 0.2) is 56.8 Å². The van der Waals surface area contributed by atoms with E-state index in [9.17, 15) is 63.3 Å². The minimum Gasteiger partial charge on any atom is -0.480 e. The number of hydrogen-bond donors (Lipinski definition) is 15. The number of likely N-dealkylation sites (tertiary alicyclic amines) is 2. The Morgan fingerprint density at radius 2 is 1.26 bits per heavy atom. The number of amides is 9. The molecule has 494 valence electrons. The number of rotatable bonds is 32. The van der Waals surface area contributed by atoms with Crippen molar-refractivity contribution >= 4 is 88.3 Å². The molecule has 1 aromatic carbocycles. The molecule has 4 aliphatic rings. The quantitative estimate of drug-likeness (QED) is 0.0185. The van der Waals surface area contributed by atoms with Crippen molar-refractivity contribution in [1.29, 1.82) is 0 Å². The van der Waals surface area contributed by atoms with Gasteiger partial charge in [0.1, 0.15) is 42.3 Å². The molecule has 22 N–H and O–H groups in total. The maximum Gasteiger partial charge on any atom is 0.326 e. The van der Waals surface area contributed by atoms with Gasteiger partial charge in [0.2, 0.25) is 53.2 Å². The van der Waals surface area contributed by atoms with Gasteiger partial charge in [0, 0.05) is 69.4 Å². The van der Waals surface area contributed by atoms with Crippen LogP contribution in [-0.2, 0) is 67.3 Å². The van der Waals surface area contributed by atoms with Gasteiger partial charge in [-0.2, -0.15) is 0 Å². The first-order valence-corrected chi connectivity index (χ1v) is 31.1. The van der Waals surface area contributed by atoms with E-state index in [-0.39, 0.29) is 115 Å². The normalized spacial score (nSPS) is 19.6. The van der Waals surface area contributed by atoms with E-state index in [1.54, 1.807) is 41.8 Å². The Kier molecular flexibility index (Phi) is 26.9. The molecule has 0 unspecified atom stereocenters. The fourth-order valence-electron chi connectivity index (χ4n) is 11.6. The smallest absolute Gasteiger partial charge is 0.326 e. The third-order valence-electron chi connectivity index (χ3n) is 16.2. The van der Waals surface area contributed by atoms with E-state index < -0.39 is 139 Å². The van der Waals surface area contributed by atoms with Crippen LogP contribution in [0.4, 0.5) is 0 Å². The number of β-amino-alcohol motifs (C(OH)–C–C–N with tert-alkyl or cyclic N) is 1. The Morgan fingerprint density at radius 3 is 1.87 bits per heavy atom. The second-order valence-electron chi connectivity index (χ2n) is 22.8. The highest BCUT2D eigenvalue weighted by Crippen LogP contribution is 2.31. The zero-order chi connectivity index (χ0) is 65.6. The Morgan fingerprint density at radius 1 is 0.656 bits per heavy atom. The van der Waals surface area contributed by atoms with Gasteiger partial charge in [0.05, 0.1) is 31.8 Å². The summed E-state index contributed by atoms with van der Waals surface area (Å²) < 4.78 is 0. The number of carboxylic acid groups (broad SMARTS) is 1. The molecule has 9 atom stereocenters. The van der Waals surface area contributed by atoms with E-state index in [1.807, 2.05) is 0 Å². The molecule has 0 radical (unpaired) electrons. The van der Waals surface area contributed by atoms with Crippen LogP contribution in [0.5, 0.6) is 0 Å². The summed E-state index contributed by atoms with van der Waals surface area (Å²) >= 11 is 1.27. The van der Waals surface area contributed by atoms with Crippen molar-refractivity contribution in [2.24, 2.45) is 55.1 Å². The number of carbonyl (C=O) groups is 10. The number of aliphatic hydroxyl groups excluding tert-OH is 2. The van der Waals surface area contributed by atoms with Gasteiger partial charge in [-0.3, -0.25) is 58.1 Å². The molecule has 0 spiro atoms. The number of nitrogens with zero attached hydrogens (tertiary/aromatic N) is 7. The average molecular weight is 1280 g/mol. The summed E-state index contributed by atoms with van der Waals surface area (Å²) in [5, 5.41) is 46.3. The van der Waals surface area contributed by atoms with Crippen molar-refractivity contribution < 1.29 is 63.3 Å². The summed E-state index contributed by atoms with van der Waals surface area (Å²) in [4.78, 5) is 157. The number of carbonyl (C=O) groups excluding carboxylic acids is 9. The average Bonchev–Trinajstić information content (AvgIpc) is 1.08. The largest absolute Gasteiger partial charge is 0.480 e. The highest BCUT2D eigenvalue weighted by molar-refractivity contribution is 7.09. The highest BCUT2D eigenvalue weighted by Gasteiger charge is 2.47. The molecule has 4 heterocycles. The van der Waals surface area contributed by atoms with Gasteiger partial charge in [-0.1, -0.05) is 43.2 Å². The van der Waals surface area contributed by atoms with Crippen LogP contribution >= 0.6 is 11.3 Å². The van der Waals surface area contributed by atoms with Crippen LogP contribution in [0.1, 0.15) is 99.5 Å². The van der Waals surface area contributed by atoms with Gasteiger partial charge in [-0.15, -0.1) is 11.3 Å². The summed E-state index contributed by atoms with van der Waals surface area (Å²) in [6.45, 7) is -2.00. The highest BCUT2D eigenvalue weighted by atomic mass is 32.1. The van der Waals surface area contributed by atoms with Gasteiger partial charge in [-0.05, 0) is 86.8 Å². The van der Waals surface area contributed by atoms with Gasteiger partial charge in [-0.25, -0.2) is 4.79 Å². The molecule has 1 aromatic heterocycles.